The number of halogens is 2. The fourth-order valence-corrected chi connectivity index (χ4v) is 3.27. The van der Waals surface area contributed by atoms with Crippen molar-refractivity contribution in [1.82, 2.24) is 10.7 Å². The number of benzene rings is 3. The Labute approximate surface area is 207 Å². The van der Waals surface area contributed by atoms with Crippen LogP contribution in [0.3, 0.4) is 0 Å². The molecule has 0 aromatic heterocycles. The first-order valence-electron chi connectivity index (χ1n) is 10.3. The van der Waals surface area contributed by atoms with Crippen molar-refractivity contribution in [3.05, 3.63) is 93.5 Å². The molecular weight excluding hydrogens is 477 g/mol. The van der Waals surface area contributed by atoms with Gasteiger partial charge in [0.1, 0.15) is 24.1 Å². The zero-order chi connectivity index (χ0) is 24.5. The molecule has 0 radical (unpaired) electrons. The zero-order valence-electron chi connectivity index (χ0n) is 18.5. The van der Waals surface area contributed by atoms with Crippen molar-refractivity contribution < 1.29 is 19.1 Å². The van der Waals surface area contributed by atoms with Gasteiger partial charge in [-0.05, 0) is 73.2 Å². The Balaban J connectivity index is 1.46. The van der Waals surface area contributed by atoms with Crippen LogP contribution in [-0.2, 0) is 11.4 Å². The summed E-state index contributed by atoms with van der Waals surface area (Å²) in [5, 5.41) is 7.68. The number of carbonyl (C=O) groups excluding carboxylic acids is 2. The minimum atomic E-state index is -0.776. The maximum atomic E-state index is 12.3. The van der Waals surface area contributed by atoms with E-state index in [1.807, 2.05) is 6.07 Å². The molecule has 2 N–H and O–H groups in total. The molecule has 0 bridgehead atoms. The lowest BCUT2D eigenvalue weighted by Gasteiger charge is -2.12. The fourth-order valence-electron chi connectivity index (χ4n) is 2.81. The quantitative estimate of drug-likeness (QED) is 0.325. The molecule has 0 spiro atoms. The Morgan fingerprint density at radius 2 is 1.68 bits per heavy atom. The second-order valence-corrected chi connectivity index (χ2v) is 8.09. The highest BCUT2D eigenvalue weighted by Crippen LogP contribution is 2.22. The first-order valence-corrected chi connectivity index (χ1v) is 11.1. The van der Waals surface area contributed by atoms with Crippen LogP contribution >= 0.6 is 23.2 Å². The van der Waals surface area contributed by atoms with Crippen LogP contribution in [0.5, 0.6) is 11.5 Å². The summed E-state index contributed by atoms with van der Waals surface area (Å²) < 4.78 is 10.8. The van der Waals surface area contributed by atoms with Crippen LogP contribution in [-0.4, -0.2) is 31.2 Å². The first kappa shape index (κ1) is 25.1. The molecule has 2 amide bonds. The summed E-state index contributed by atoms with van der Waals surface area (Å²) in [7, 11) is 1.55. The number of nitrogens with zero attached hydrogens (tertiary/aromatic N) is 1. The second kappa shape index (κ2) is 12.1. The largest absolute Gasteiger partial charge is 0.497 e. The Morgan fingerprint density at radius 3 is 2.32 bits per heavy atom. The third-order valence-electron chi connectivity index (χ3n) is 4.77. The van der Waals surface area contributed by atoms with E-state index in [0.29, 0.717) is 33.7 Å². The fraction of sp³-hybridized carbons (Fsp3) is 0.160. The van der Waals surface area contributed by atoms with Crippen LogP contribution in [0.2, 0.25) is 10.0 Å². The minimum Gasteiger partial charge on any atom is -0.497 e. The minimum absolute atomic E-state index is 0.305. The SMILES string of the molecule is COc1ccc(C(=O)NC(C)C(=O)NN=Cc2ccc(OCc3ccc(Cl)cc3Cl)cc2)cc1. The summed E-state index contributed by atoms with van der Waals surface area (Å²) in [6, 6.07) is 18.2. The number of hydrogen-bond donors (Lipinski definition) is 2. The molecule has 1 atom stereocenters. The normalized spacial score (nSPS) is 11.6. The van der Waals surface area contributed by atoms with Crippen LogP contribution in [0.15, 0.2) is 71.8 Å². The van der Waals surface area contributed by atoms with Crippen molar-refractivity contribution in [2.75, 3.05) is 7.11 Å². The van der Waals surface area contributed by atoms with E-state index >= 15 is 0 Å². The third kappa shape index (κ3) is 7.23. The van der Waals surface area contributed by atoms with E-state index in [-0.39, 0.29) is 5.91 Å². The van der Waals surface area contributed by atoms with Gasteiger partial charge in [-0.2, -0.15) is 5.10 Å². The number of carbonyl (C=O) groups is 2. The molecule has 3 aromatic carbocycles. The van der Waals surface area contributed by atoms with Crippen LogP contribution in [0, 0.1) is 0 Å². The van der Waals surface area contributed by atoms with Gasteiger partial charge in [-0.1, -0.05) is 29.3 Å². The molecular formula is C25H23Cl2N3O4. The Morgan fingerprint density at radius 1 is 1.00 bits per heavy atom. The van der Waals surface area contributed by atoms with Crippen LogP contribution in [0.4, 0.5) is 0 Å². The summed E-state index contributed by atoms with van der Waals surface area (Å²) in [5.74, 6) is 0.479. The van der Waals surface area contributed by atoms with E-state index in [9.17, 15) is 9.59 Å². The van der Waals surface area contributed by atoms with E-state index in [1.165, 1.54) is 6.21 Å². The van der Waals surface area contributed by atoms with E-state index < -0.39 is 11.9 Å². The van der Waals surface area contributed by atoms with Crippen molar-refractivity contribution >= 4 is 41.2 Å². The van der Waals surface area contributed by atoms with E-state index in [0.717, 1.165) is 11.1 Å². The first-order chi connectivity index (χ1) is 16.4. The second-order valence-electron chi connectivity index (χ2n) is 7.25. The average molecular weight is 500 g/mol. The molecule has 0 saturated heterocycles. The van der Waals surface area contributed by atoms with E-state index in [1.54, 1.807) is 74.7 Å². The standard InChI is InChI=1S/C25H23Cl2N3O4/c1-16(29-25(32)18-6-11-21(33-2)12-7-18)24(31)30-28-14-17-3-9-22(10-4-17)34-15-19-5-8-20(26)13-23(19)27/h3-14,16H,15H2,1-2H3,(H,29,32)(H,30,31). The lowest BCUT2D eigenvalue weighted by Crippen LogP contribution is -2.43. The number of hydrazone groups is 1. The van der Waals surface area contributed by atoms with Crippen molar-refractivity contribution in [3.8, 4) is 11.5 Å². The topological polar surface area (TPSA) is 89.0 Å². The molecule has 176 valence electrons. The van der Waals surface area contributed by atoms with Gasteiger partial charge in [0.15, 0.2) is 0 Å². The smallest absolute Gasteiger partial charge is 0.262 e. The van der Waals surface area contributed by atoms with Crippen molar-refractivity contribution in [2.45, 2.75) is 19.6 Å². The van der Waals surface area contributed by atoms with Crippen LogP contribution < -0.4 is 20.2 Å². The number of amides is 2. The molecule has 9 heteroatoms. The maximum absolute atomic E-state index is 12.3. The Bertz CT molecular complexity index is 1170. The number of ether oxygens (including phenoxy) is 2. The van der Waals surface area contributed by atoms with Gasteiger partial charge in [0.05, 0.1) is 13.3 Å². The molecule has 0 aliphatic rings. The Hall–Kier alpha value is -3.55. The van der Waals surface area contributed by atoms with Crippen LogP contribution in [0.1, 0.15) is 28.4 Å². The van der Waals surface area contributed by atoms with Gasteiger partial charge in [-0.25, -0.2) is 5.43 Å². The van der Waals surface area contributed by atoms with Gasteiger partial charge in [-0.15, -0.1) is 0 Å². The highest BCUT2D eigenvalue weighted by atomic mass is 35.5. The van der Waals surface area contributed by atoms with Gasteiger partial charge < -0.3 is 14.8 Å². The monoisotopic (exact) mass is 499 g/mol. The molecule has 0 aliphatic heterocycles. The summed E-state index contributed by atoms with van der Waals surface area (Å²) in [4.78, 5) is 24.5. The Kier molecular flexibility index (Phi) is 8.90. The van der Waals surface area contributed by atoms with Crippen LogP contribution in [0.25, 0.3) is 0 Å². The average Bonchev–Trinajstić information content (AvgIpc) is 2.84. The van der Waals surface area contributed by atoms with E-state index in [2.05, 4.69) is 15.8 Å². The molecule has 3 rings (SSSR count). The van der Waals surface area contributed by atoms with Crippen molar-refractivity contribution in [2.24, 2.45) is 5.10 Å². The van der Waals surface area contributed by atoms with Gasteiger partial charge >= 0.3 is 0 Å². The predicted octanol–water partition coefficient (Wildman–Crippen LogP) is 4.85. The molecule has 34 heavy (non-hydrogen) atoms. The lowest BCUT2D eigenvalue weighted by molar-refractivity contribution is -0.122. The van der Waals surface area contributed by atoms with Gasteiger partial charge in [-0.3, -0.25) is 9.59 Å². The summed E-state index contributed by atoms with van der Waals surface area (Å²) >= 11 is 12.1. The third-order valence-corrected chi connectivity index (χ3v) is 5.36. The number of methoxy groups -OCH3 is 1. The molecule has 0 fully saturated rings. The molecule has 7 nitrogen and oxygen atoms in total. The molecule has 0 aliphatic carbocycles. The van der Waals surface area contributed by atoms with E-state index in [4.69, 9.17) is 32.7 Å². The maximum Gasteiger partial charge on any atom is 0.262 e. The predicted molar refractivity (Wildman–Crippen MR) is 133 cm³/mol. The zero-order valence-corrected chi connectivity index (χ0v) is 20.1. The number of hydrogen-bond acceptors (Lipinski definition) is 5. The molecule has 0 heterocycles. The summed E-state index contributed by atoms with van der Waals surface area (Å²) in [6.07, 6.45) is 1.50. The number of nitrogens with one attached hydrogen (secondary N) is 2. The lowest BCUT2D eigenvalue weighted by atomic mass is 10.2. The van der Waals surface area contributed by atoms with Gasteiger partial charge in [0.2, 0.25) is 0 Å². The van der Waals surface area contributed by atoms with Crippen molar-refractivity contribution in [3.63, 3.8) is 0 Å². The highest BCUT2D eigenvalue weighted by Gasteiger charge is 2.16. The van der Waals surface area contributed by atoms with Gasteiger partial charge in [0.25, 0.3) is 11.8 Å². The molecule has 3 aromatic rings. The summed E-state index contributed by atoms with van der Waals surface area (Å²) in [5.41, 5.74) is 4.42. The highest BCUT2D eigenvalue weighted by molar-refractivity contribution is 6.35. The van der Waals surface area contributed by atoms with Gasteiger partial charge in [0, 0.05) is 21.2 Å². The molecule has 0 saturated carbocycles. The summed E-state index contributed by atoms with van der Waals surface area (Å²) in [6.45, 7) is 1.88. The molecule has 1 unspecified atom stereocenters. The van der Waals surface area contributed by atoms with Crippen molar-refractivity contribution in [1.29, 1.82) is 0 Å². The number of rotatable bonds is 9.